The standard InChI is InChI=1S/C20H16ClF2N3O4/c21-14-11(22)3-1-8(15(14)23)5-24-19(29)10-6-25-7-13-9-2-4-12(9)26(13)20(30)16(25)18(28)17(10)27/h1,3,6,9,12-13,28H,2,4-5,7H2,(H,24,29)/t9?,12-,13-/m0/s1. The summed E-state index contributed by atoms with van der Waals surface area (Å²) in [7, 11) is 0. The van der Waals surface area contributed by atoms with E-state index in [0.717, 1.165) is 25.0 Å². The Kier molecular flexibility index (Phi) is 4.15. The molecule has 5 rings (SSSR count). The van der Waals surface area contributed by atoms with Gasteiger partial charge in [-0.05, 0) is 18.9 Å². The number of halogens is 3. The summed E-state index contributed by atoms with van der Waals surface area (Å²) in [6.07, 6.45) is 3.20. The number of piperidine rings is 1. The van der Waals surface area contributed by atoms with Crippen molar-refractivity contribution in [2.24, 2.45) is 5.92 Å². The van der Waals surface area contributed by atoms with Crippen molar-refractivity contribution in [2.45, 2.75) is 38.0 Å². The predicted octanol–water partition coefficient (Wildman–Crippen LogP) is 2.03. The number of carbonyl (C=O) groups is 2. The van der Waals surface area contributed by atoms with Crippen LogP contribution in [-0.2, 0) is 13.1 Å². The van der Waals surface area contributed by atoms with Crippen LogP contribution < -0.4 is 10.7 Å². The SMILES string of the molecule is O=C(NCc1ccc(F)c(Cl)c1F)c1cn2c(c(O)c1=O)C(=O)N1[C@H]3CCC3[C@@H]1C2. The summed E-state index contributed by atoms with van der Waals surface area (Å²) >= 11 is 5.53. The number of hydrogen-bond donors (Lipinski definition) is 2. The third-order valence-electron chi connectivity index (χ3n) is 6.37. The third kappa shape index (κ3) is 2.51. The normalized spacial score (nSPS) is 23.6. The number of carbonyl (C=O) groups excluding carboxylic acids is 2. The van der Waals surface area contributed by atoms with Crippen molar-refractivity contribution in [1.82, 2.24) is 14.8 Å². The second-order valence-electron chi connectivity index (χ2n) is 7.83. The Morgan fingerprint density at radius 1 is 1.23 bits per heavy atom. The average Bonchev–Trinajstić information content (AvgIpc) is 2.69. The summed E-state index contributed by atoms with van der Waals surface area (Å²) < 4.78 is 28.7. The maximum absolute atomic E-state index is 14.0. The van der Waals surface area contributed by atoms with Crippen molar-refractivity contribution in [3.63, 3.8) is 0 Å². The van der Waals surface area contributed by atoms with Gasteiger partial charge in [-0.1, -0.05) is 17.7 Å². The molecule has 2 aromatic rings. The average molecular weight is 436 g/mol. The van der Waals surface area contributed by atoms with Gasteiger partial charge in [-0.25, -0.2) is 8.78 Å². The zero-order chi connectivity index (χ0) is 21.3. The Morgan fingerprint density at radius 2 is 2.00 bits per heavy atom. The molecular weight excluding hydrogens is 420 g/mol. The Hall–Kier alpha value is -2.94. The molecule has 1 saturated carbocycles. The van der Waals surface area contributed by atoms with Gasteiger partial charge < -0.3 is 19.9 Å². The summed E-state index contributed by atoms with van der Waals surface area (Å²) in [6, 6.07) is 2.27. The van der Waals surface area contributed by atoms with Crippen LogP contribution in [0.15, 0.2) is 23.1 Å². The van der Waals surface area contributed by atoms with Crippen molar-refractivity contribution in [2.75, 3.05) is 0 Å². The Labute approximate surface area is 173 Å². The molecule has 2 amide bonds. The smallest absolute Gasteiger partial charge is 0.275 e. The molecule has 30 heavy (non-hydrogen) atoms. The second-order valence-corrected chi connectivity index (χ2v) is 8.20. The first-order chi connectivity index (χ1) is 14.3. The van der Waals surface area contributed by atoms with E-state index in [1.807, 2.05) is 0 Å². The van der Waals surface area contributed by atoms with Gasteiger partial charge in [-0.2, -0.15) is 0 Å². The molecule has 1 aliphatic carbocycles. The third-order valence-corrected chi connectivity index (χ3v) is 6.72. The van der Waals surface area contributed by atoms with E-state index in [4.69, 9.17) is 11.6 Å². The first-order valence-electron chi connectivity index (χ1n) is 9.49. The molecule has 10 heteroatoms. The molecule has 7 nitrogen and oxygen atoms in total. The van der Waals surface area contributed by atoms with E-state index >= 15 is 0 Å². The summed E-state index contributed by atoms with van der Waals surface area (Å²) in [5.74, 6) is -3.55. The van der Waals surface area contributed by atoms with Crippen LogP contribution in [-0.4, -0.2) is 38.5 Å². The Bertz CT molecular complexity index is 1180. The number of aromatic hydroxyl groups is 1. The highest BCUT2D eigenvalue weighted by atomic mass is 35.5. The summed E-state index contributed by atoms with van der Waals surface area (Å²) in [5.41, 5.74) is -1.52. The number of hydrogen-bond acceptors (Lipinski definition) is 4. The number of fused-ring (bicyclic) bond motifs is 5. The Balaban J connectivity index is 1.42. The van der Waals surface area contributed by atoms with Crippen LogP contribution in [0.25, 0.3) is 0 Å². The number of aromatic nitrogens is 1. The molecule has 1 saturated heterocycles. The highest BCUT2D eigenvalue weighted by Gasteiger charge is 2.58. The van der Waals surface area contributed by atoms with Crippen molar-refractivity contribution < 1.29 is 23.5 Å². The number of amides is 2. The van der Waals surface area contributed by atoms with Crippen molar-refractivity contribution in [1.29, 1.82) is 0 Å². The van der Waals surface area contributed by atoms with Gasteiger partial charge in [-0.3, -0.25) is 14.4 Å². The van der Waals surface area contributed by atoms with Gasteiger partial charge in [0.05, 0.1) is 6.04 Å². The Morgan fingerprint density at radius 3 is 2.70 bits per heavy atom. The fourth-order valence-corrected chi connectivity index (χ4v) is 4.84. The highest BCUT2D eigenvalue weighted by Crippen LogP contribution is 2.50. The topological polar surface area (TPSA) is 91.6 Å². The zero-order valence-electron chi connectivity index (χ0n) is 15.5. The lowest BCUT2D eigenvalue weighted by molar-refractivity contribution is -0.106. The minimum Gasteiger partial charge on any atom is -0.503 e. The number of pyridine rings is 1. The quantitative estimate of drug-likeness (QED) is 0.722. The van der Waals surface area contributed by atoms with Gasteiger partial charge in [0.25, 0.3) is 11.8 Å². The zero-order valence-corrected chi connectivity index (χ0v) is 16.2. The molecule has 3 aliphatic rings. The summed E-state index contributed by atoms with van der Waals surface area (Å²) in [4.78, 5) is 39.5. The molecule has 1 aromatic heterocycles. The first kappa shape index (κ1) is 19.0. The highest BCUT2D eigenvalue weighted by molar-refractivity contribution is 6.30. The minimum absolute atomic E-state index is 0.00276. The summed E-state index contributed by atoms with van der Waals surface area (Å²) in [6.45, 7) is 0.0459. The van der Waals surface area contributed by atoms with Gasteiger partial charge in [0.2, 0.25) is 5.43 Å². The van der Waals surface area contributed by atoms with Crippen LogP contribution in [0.2, 0.25) is 5.02 Å². The van der Waals surface area contributed by atoms with Crippen LogP contribution in [0.4, 0.5) is 8.78 Å². The maximum Gasteiger partial charge on any atom is 0.275 e. The van der Waals surface area contributed by atoms with Gasteiger partial charge in [0.15, 0.2) is 11.4 Å². The van der Waals surface area contributed by atoms with E-state index in [2.05, 4.69) is 5.32 Å². The molecule has 2 aliphatic heterocycles. The van der Waals surface area contributed by atoms with E-state index in [1.54, 1.807) is 4.90 Å². The molecule has 3 heterocycles. The lowest BCUT2D eigenvalue weighted by Crippen LogP contribution is -2.73. The molecule has 1 aromatic carbocycles. The molecule has 2 N–H and O–H groups in total. The van der Waals surface area contributed by atoms with Gasteiger partial charge in [-0.15, -0.1) is 0 Å². The fourth-order valence-electron chi connectivity index (χ4n) is 4.65. The molecule has 1 unspecified atom stereocenters. The van der Waals surface area contributed by atoms with Crippen LogP contribution >= 0.6 is 11.6 Å². The molecule has 3 atom stereocenters. The second kappa shape index (κ2) is 6.53. The number of nitrogens with one attached hydrogen (secondary N) is 1. The van der Waals surface area contributed by atoms with E-state index in [1.165, 1.54) is 10.8 Å². The van der Waals surface area contributed by atoms with Crippen LogP contribution in [0, 0.1) is 17.6 Å². The lowest BCUT2D eigenvalue weighted by Gasteiger charge is -2.63. The van der Waals surface area contributed by atoms with Crippen LogP contribution in [0.1, 0.15) is 39.3 Å². The monoisotopic (exact) mass is 435 g/mol. The number of nitrogens with zero attached hydrogens (tertiary/aromatic N) is 2. The molecular formula is C20H16ClF2N3O4. The molecule has 156 valence electrons. The van der Waals surface area contributed by atoms with Crippen molar-refractivity contribution >= 4 is 23.4 Å². The molecule has 0 spiro atoms. The van der Waals surface area contributed by atoms with Crippen LogP contribution in [0.5, 0.6) is 5.75 Å². The molecule has 2 fully saturated rings. The van der Waals surface area contributed by atoms with Gasteiger partial charge in [0.1, 0.15) is 22.2 Å². The van der Waals surface area contributed by atoms with Gasteiger partial charge >= 0.3 is 0 Å². The van der Waals surface area contributed by atoms with Crippen molar-refractivity contribution in [3.8, 4) is 5.75 Å². The van der Waals surface area contributed by atoms with Crippen molar-refractivity contribution in [3.05, 3.63) is 62.0 Å². The molecule has 0 radical (unpaired) electrons. The molecule has 0 bridgehead atoms. The van der Waals surface area contributed by atoms with E-state index < -0.39 is 39.6 Å². The van der Waals surface area contributed by atoms with E-state index in [9.17, 15) is 28.3 Å². The van der Waals surface area contributed by atoms with Gasteiger partial charge in [0, 0.05) is 36.8 Å². The minimum atomic E-state index is -1.01. The van der Waals surface area contributed by atoms with E-state index in [-0.39, 0.29) is 35.4 Å². The predicted molar refractivity (Wildman–Crippen MR) is 101 cm³/mol. The number of benzene rings is 1. The summed E-state index contributed by atoms with van der Waals surface area (Å²) in [5, 5.41) is 12.0. The largest absolute Gasteiger partial charge is 0.503 e. The van der Waals surface area contributed by atoms with E-state index in [0.29, 0.717) is 12.5 Å². The maximum atomic E-state index is 14.0. The van der Waals surface area contributed by atoms with Crippen LogP contribution in [0.3, 0.4) is 0 Å². The lowest BCUT2D eigenvalue weighted by atomic mass is 9.64. The fraction of sp³-hybridized carbons (Fsp3) is 0.350. The number of rotatable bonds is 3. The first-order valence-corrected chi connectivity index (χ1v) is 9.87.